The first-order chi connectivity index (χ1) is 19.7. The summed E-state index contributed by atoms with van der Waals surface area (Å²) < 4.78 is 33.4. The second-order valence-corrected chi connectivity index (χ2v) is 13.2. The number of carbonyl (C=O) groups is 1. The minimum Gasteiger partial charge on any atom is -0.445 e. The molecule has 7 nitrogen and oxygen atoms in total. The lowest BCUT2D eigenvalue weighted by molar-refractivity contribution is 0.0589. The van der Waals surface area contributed by atoms with E-state index < -0.39 is 10.0 Å². The largest absolute Gasteiger partial charge is 0.445 e. The van der Waals surface area contributed by atoms with Crippen LogP contribution < -0.4 is 0 Å². The van der Waals surface area contributed by atoms with Crippen LogP contribution in [0.15, 0.2) is 95.9 Å². The van der Waals surface area contributed by atoms with Crippen LogP contribution >= 0.6 is 0 Å². The molecule has 220 valence electrons. The van der Waals surface area contributed by atoms with Crippen LogP contribution in [-0.2, 0) is 26.8 Å². The van der Waals surface area contributed by atoms with Crippen molar-refractivity contribution < 1.29 is 17.9 Å². The van der Waals surface area contributed by atoms with Crippen LogP contribution in [0.25, 0.3) is 0 Å². The van der Waals surface area contributed by atoms with Gasteiger partial charge >= 0.3 is 6.09 Å². The number of carbonyl (C=O) groups excluding carboxylic acids is 1. The number of amides is 1. The fourth-order valence-corrected chi connectivity index (χ4v) is 6.87. The molecule has 1 heterocycles. The molecule has 1 aliphatic heterocycles. The summed E-state index contributed by atoms with van der Waals surface area (Å²) in [6.45, 7) is 8.09. The summed E-state index contributed by atoms with van der Waals surface area (Å²) in [6, 6.07) is 28.9. The van der Waals surface area contributed by atoms with E-state index >= 15 is 0 Å². The maximum atomic E-state index is 13.2. The summed E-state index contributed by atoms with van der Waals surface area (Å²) in [5.41, 5.74) is 1.94. The fourth-order valence-electron chi connectivity index (χ4n) is 5.67. The number of ether oxygens (including phenoxy) is 1. The van der Waals surface area contributed by atoms with E-state index in [-0.39, 0.29) is 24.2 Å². The summed E-state index contributed by atoms with van der Waals surface area (Å²) in [4.78, 5) is 17.5. The summed E-state index contributed by atoms with van der Waals surface area (Å²) >= 11 is 0. The van der Waals surface area contributed by atoms with Crippen molar-refractivity contribution in [1.29, 1.82) is 0 Å². The van der Waals surface area contributed by atoms with Gasteiger partial charge in [0, 0.05) is 51.2 Å². The van der Waals surface area contributed by atoms with Crippen LogP contribution in [-0.4, -0.2) is 74.4 Å². The van der Waals surface area contributed by atoms with E-state index in [4.69, 9.17) is 4.74 Å². The van der Waals surface area contributed by atoms with E-state index in [0.717, 1.165) is 38.0 Å². The SMILES string of the molecule is CCN(C(=O)OCc1ccccc1)C1CCN(CC(C)(CCN(C)S(=O)(=O)c2ccccc2)c2ccccc2)CC1. The first-order valence-corrected chi connectivity index (χ1v) is 15.9. The van der Waals surface area contributed by atoms with Crippen molar-refractivity contribution >= 4 is 16.1 Å². The third kappa shape index (κ3) is 7.97. The molecule has 0 radical (unpaired) electrons. The lowest BCUT2D eigenvalue weighted by Crippen LogP contribution is -2.50. The molecule has 0 saturated carbocycles. The van der Waals surface area contributed by atoms with E-state index in [1.54, 1.807) is 31.3 Å². The van der Waals surface area contributed by atoms with Crippen LogP contribution in [0.4, 0.5) is 4.79 Å². The highest BCUT2D eigenvalue weighted by Gasteiger charge is 2.34. The van der Waals surface area contributed by atoms with Gasteiger partial charge in [0.1, 0.15) is 6.61 Å². The van der Waals surface area contributed by atoms with Gasteiger partial charge in [0.25, 0.3) is 0 Å². The third-order valence-corrected chi connectivity index (χ3v) is 10.1. The van der Waals surface area contributed by atoms with Crippen LogP contribution in [0.5, 0.6) is 0 Å². The van der Waals surface area contributed by atoms with Crippen LogP contribution in [0.3, 0.4) is 0 Å². The molecule has 1 saturated heterocycles. The van der Waals surface area contributed by atoms with Gasteiger partial charge in [-0.2, -0.15) is 0 Å². The summed E-state index contributed by atoms with van der Waals surface area (Å²) in [5.74, 6) is 0. The van der Waals surface area contributed by atoms with Gasteiger partial charge in [-0.1, -0.05) is 85.8 Å². The average molecular weight is 578 g/mol. The Bertz CT molecular complexity index is 1330. The molecule has 0 aliphatic carbocycles. The molecule has 3 aromatic carbocycles. The van der Waals surface area contributed by atoms with Crippen molar-refractivity contribution in [2.45, 2.75) is 56.1 Å². The van der Waals surface area contributed by atoms with Gasteiger partial charge in [-0.15, -0.1) is 0 Å². The van der Waals surface area contributed by atoms with Gasteiger partial charge in [0.15, 0.2) is 0 Å². The zero-order chi connectivity index (χ0) is 29.3. The van der Waals surface area contributed by atoms with E-state index in [1.807, 2.05) is 66.4 Å². The molecule has 1 fully saturated rings. The number of benzene rings is 3. The molecule has 0 N–H and O–H groups in total. The molecule has 3 aromatic rings. The molecular formula is C33H43N3O4S. The Morgan fingerprint density at radius 3 is 2.07 bits per heavy atom. The van der Waals surface area contributed by atoms with Crippen LogP contribution in [0, 0.1) is 0 Å². The van der Waals surface area contributed by atoms with Crippen LogP contribution in [0.2, 0.25) is 0 Å². The topological polar surface area (TPSA) is 70.2 Å². The van der Waals surface area contributed by atoms with E-state index in [0.29, 0.717) is 24.4 Å². The van der Waals surface area contributed by atoms with Gasteiger partial charge in [-0.25, -0.2) is 17.5 Å². The number of hydrogen-bond donors (Lipinski definition) is 0. The van der Waals surface area contributed by atoms with Gasteiger partial charge in [0.2, 0.25) is 10.0 Å². The lowest BCUT2D eigenvalue weighted by atomic mass is 9.78. The Kier molecular flexibility index (Phi) is 10.6. The first kappa shape index (κ1) is 30.8. The predicted octanol–water partition coefficient (Wildman–Crippen LogP) is 5.78. The second kappa shape index (κ2) is 14.1. The summed E-state index contributed by atoms with van der Waals surface area (Å²) in [5, 5.41) is 0. The van der Waals surface area contributed by atoms with Gasteiger partial charge in [-0.05, 0) is 49.4 Å². The predicted molar refractivity (Wildman–Crippen MR) is 163 cm³/mol. The van der Waals surface area contributed by atoms with Crippen molar-refractivity contribution in [3.8, 4) is 0 Å². The van der Waals surface area contributed by atoms with Gasteiger partial charge < -0.3 is 14.5 Å². The monoisotopic (exact) mass is 577 g/mol. The second-order valence-electron chi connectivity index (χ2n) is 11.1. The van der Waals surface area contributed by atoms with E-state index in [1.165, 1.54) is 9.87 Å². The molecule has 1 unspecified atom stereocenters. The normalized spacial score (nSPS) is 16.3. The highest BCUT2D eigenvalue weighted by atomic mass is 32.2. The van der Waals surface area contributed by atoms with Gasteiger partial charge in [-0.3, -0.25) is 0 Å². The summed E-state index contributed by atoms with van der Waals surface area (Å²) in [7, 11) is -1.89. The lowest BCUT2D eigenvalue weighted by Gasteiger charge is -2.42. The molecule has 1 amide bonds. The highest BCUT2D eigenvalue weighted by molar-refractivity contribution is 7.89. The molecular weight excluding hydrogens is 534 g/mol. The van der Waals surface area contributed by atoms with Crippen molar-refractivity contribution in [1.82, 2.24) is 14.1 Å². The number of hydrogen-bond acceptors (Lipinski definition) is 5. The Morgan fingerprint density at radius 2 is 1.49 bits per heavy atom. The van der Waals surface area contributed by atoms with Crippen LogP contribution in [0.1, 0.15) is 44.2 Å². The Balaban J connectivity index is 1.37. The number of piperidine rings is 1. The van der Waals surface area contributed by atoms with Crippen molar-refractivity contribution in [2.75, 3.05) is 39.8 Å². The maximum absolute atomic E-state index is 13.2. The van der Waals surface area contributed by atoms with Crippen molar-refractivity contribution in [2.24, 2.45) is 0 Å². The maximum Gasteiger partial charge on any atom is 0.410 e. The van der Waals surface area contributed by atoms with E-state index in [9.17, 15) is 13.2 Å². The Morgan fingerprint density at radius 1 is 0.927 bits per heavy atom. The molecule has 1 atom stereocenters. The molecule has 0 aromatic heterocycles. The molecule has 8 heteroatoms. The molecule has 41 heavy (non-hydrogen) atoms. The molecule has 4 rings (SSSR count). The van der Waals surface area contributed by atoms with Crippen molar-refractivity contribution in [3.05, 3.63) is 102 Å². The third-order valence-electron chi connectivity index (χ3n) is 8.25. The zero-order valence-electron chi connectivity index (χ0n) is 24.5. The standard InChI is InChI=1S/C33H43N3O4S/c1-4-36(32(37)40-26-28-14-8-5-9-15-28)30-20-23-35(24-21-30)27-33(2,29-16-10-6-11-17-29)22-25-34(3)41(38,39)31-18-12-7-13-19-31/h5-19,30H,4,20-27H2,1-3H3. The average Bonchev–Trinajstić information content (AvgIpc) is 3.01. The quantitative estimate of drug-likeness (QED) is 0.273. The molecule has 1 aliphatic rings. The van der Waals surface area contributed by atoms with Crippen molar-refractivity contribution in [3.63, 3.8) is 0 Å². The minimum absolute atomic E-state index is 0.143. The number of rotatable bonds is 12. The van der Waals surface area contributed by atoms with E-state index in [2.05, 4.69) is 24.0 Å². The zero-order valence-corrected chi connectivity index (χ0v) is 25.3. The number of sulfonamides is 1. The highest BCUT2D eigenvalue weighted by Crippen LogP contribution is 2.31. The number of nitrogens with zero attached hydrogens (tertiary/aromatic N) is 3. The smallest absolute Gasteiger partial charge is 0.410 e. The fraction of sp³-hybridized carbons (Fsp3) is 0.424. The Labute approximate surface area is 245 Å². The minimum atomic E-state index is -3.56. The first-order valence-electron chi connectivity index (χ1n) is 14.5. The molecule has 0 bridgehead atoms. The molecule has 0 spiro atoms. The van der Waals surface area contributed by atoms with Gasteiger partial charge in [0.05, 0.1) is 4.90 Å². The Hall–Kier alpha value is -3.20. The summed E-state index contributed by atoms with van der Waals surface area (Å²) in [6.07, 6.45) is 2.18. The number of likely N-dealkylation sites (tertiary alicyclic amines) is 1.